The Morgan fingerprint density at radius 2 is 1.56 bits per heavy atom. The molecular formula is C23H26Cl2N4O4S. The van der Waals surface area contributed by atoms with Crippen molar-refractivity contribution < 1.29 is 17.6 Å². The number of nitrogens with zero attached hydrogens (tertiary/aromatic N) is 3. The number of benzene rings is 2. The smallest absolute Gasteiger partial charge is 0.322 e. The molecule has 0 saturated heterocycles. The van der Waals surface area contributed by atoms with E-state index in [1.54, 1.807) is 18.2 Å². The summed E-state index contributed by atoms with van der Waals surface area (Å²) in [7, 11) is -3.64. The van der Waals surface area contributed by atoms with E-state index in [1.165, 1.54) is 28.6 Å². The molecule has 0 unspecified atom stereocenters. The molecule has 0 fully saturated rings. The van der Waals surface area contributed by atoms with Crippen LogP contribution >= 0.6 is 23.2 Å². The van der Waals surface area contributed by atoms with Gasteiger partial charge in [-0.05, 0) is 55.3 Å². The van der Waals surface area contributed by atoms with Crippen molar-refractivity contribution in [2.75, 3.05) is 18.4 Å². The van der Waals surface area contributed by atoms with Crippen LogP contribution in [0.15, 0.2) is 51.8 Å². The molecule has 2 aromatic carbocycles. The molecule has 0 aliphatic rings. The molecule has 34 heavy (non-hydrogen) atoms. The molecule has 3 rings (SSSR count). The molecule has 0 bridgehead atoms. The van der Waals surface area contributed by atoms with Crippen LogP contribution in [0, 0.1) is 0 Å². The second kappa shape index (κ2) is 11.8. The second-order valence-corrected chi connectivity index (χ2v) is 10.5. The summed E-state index contributed by atoms with van der Waals surface area (Å²) in [5.74, 6) is -0.377. The van der Waals surface area contributed by atoms with Gasteiger partial charge in [0.2, 0.25) is 15.9 Å². The van der Waals surface area contributed by atoms with Gasteiger partial charge in [-0.1, -0.05) is 55.0 Å². The number of anilines is 1. The third-order valence-corrected chi connectivity index (χ3v) is 7.38. The number of carbonyl (C=O) groups excluding carboxylic acids is 1. The van der Waals surface area contributed by atoms with Crippen molar-refractivity contribution in [3.05, 3.63) is 58.1 Å². The van der Waals surface area contributed by atoms with E-state index in [0.29, 0.717) is 28.7 Å². The molecule has 11 heteroatoms. The first-order valence-corrected chi connectivity index (χ1v) is 13.2. The molecule has 1 amide bonds. The fourth-order valence-corrected chi connectivity index (χ4v) is 5.23. The standard InChI is InChI=1S/C23H26Cl2N4O4S/c1-3-5-11-29(12-6-4-2)34(31,32)20-9-7-16(8-10-20)21(30)26-23-28-27-22(33-23)17-13-18(24)15-19(25)14-17/h7-10,13-15H,3-6,11-12H2,1-2H3,(H,26,28,30). The zero-order chi connectivity index (χ0) is 24.7. The van der Waals surface area contributed by atoms with Gasteiger partial charge in [0, 0.05) is 34.3 Å². The van der Waals surface area contributed by atoms with Crippen molar-refractivity contribution in [1.29, 1.82) is 0 Å². The molecule has 1 N–H and O–H groups in total. The van der Waals surface area contributed by atoms with Gasteiger partial charge in [0.25, 0.3) is 5.91 Å². The Kier molecular flexibility index (Phi) is 9.07. The number of halogens is 2. The minimum absolute atomic E-state index is 0.113. The van der Waals surface area contributed by atoms with E-state index in [0.717, 1.165) is 25.7 Å². The Labute approximate surface area is 209 Å². The number of hydrogen-bond acceptors (Lipinski definition) is 6. The summed E-state index contributed by atoms with van der Waals surface area (Å²) in [6, 6.07) is 10.4. The maximum Gasteiger partial charge on any atom is 0.322 e. The zero-order valence-corrected chi connectivity index (χ0v) is 21.3. The van der Waals surface area contributed by atoms with E-state index in [9.17, 15) is 13.2 Å². The lowest BCUT2D eigenvalue weighted by atomic mass is 10.2. The topological polar surface area (TPSA) is 105 Å². The largest absolute Gasteiger partial charge is 0.403 e. The Hall–Kier alpha value is -2.46. The summed E-state index contributed by atoms with van der Waals surface area (Å²) in [4.78, 5) is 12.8. The molecule has 1 aromatic heterocycles. The molecule has 182 valence electrons. The van der Waals surface area contributed by atoms with Crippen LogP contribution < -0.4 is 5.32 Å². The summed E-state index contributed by atoms with van der Waals surface area (Å²) in [6.45, 7) is 4.99. The van der Waals surface area contributed by atoms with Gasteiger partial charge in [0.15, 0.2) is 0 Å². The molecule has 0 atom stereocenters. The normalized spacial score (nSPS) is 11.7. The third-order valence-electron chi connectivity index (χ3n) is 5.03. The van der Waals surface area contributed by atoms with E-state index in [2.05, 4.69) is 15.5 Å². The Bertz CT molecular complexity index is 1200. The fourth-order valence-electron chi connectivity index (χ4n) is 3.19. The molecule has 0 spiro atoms. The second-order valence-electron chi connectivity index (χ2n) is 7.66. The van der Waals surface area contributed by atoms with Crippen LogP contribution in [0.3, 0.4) is 0 Å². The van der Waals surface area contributed by atoms with E-state index in [-0.39, 0.29) is 22.4 Å². The van der Waals surface area contributed by atoms with Crippen molar-refractivity contribution in [3.63, 3.8) is 0 Å². The quantitative estimate of drug-likeness (QED) is 0.335. The summed E-state index contributed by atoms with van der Waals surface area (Å²) in [5.41, 5.74) is 0.758. The minimum atomic E-state index is -3.64. The highest BCUT2D eigenvalue weighted by Crippen LogP contribution is 2.27. The molecule has 0 saturated carbocycles. The molecular weight excluding hydrogens is 499 g/mol. The summed E-state index contributed by atoms with van der Waals surface area (Å²) in [6.07, 6.45) is 3.38. The van der Waals surface area contributed by atoms with Gasteiger partial charge in [0.05, 0.1) is 4.90 Å². The Balaban J connectivity index is 1.72. The van der Waals surface area contributed by atoms with Gasteiger partial charge in [-0.25, -0.2) is 8.42 Å². The van der Waals surface area contributed by atoms with Crippen LogP contribution in [0.4, 0.5) is 6.01 Å². The van der Waals surface area contributed by atoms with Gasteiger partial charge < -0.3 is 4.42 Å². The fraction of sp³-hybridized carbons (Fsp3) is 0.348. The van der Waals surface area contributed by atoms with Crippen molar-refractivity contribution >= 4 is 45.1 Å². The highest BCUT2D eigenvalue weighted by molar-refractivity contribution is 7.89. The molecule has 3 aromatic rings. The van der Waals surface area contributed by atoms with Crippen molar-refractivity contribution in [2.45, 2.75) is 44.4 Å². The lowest BCUT2D eigenvalue weighted by molar-refractivity contribution is 0.102. The van der Waals surface area contributed by atoms with E-state index >= 15 is 0 Å². The molecule has 0 aliphatic heterocycles. The molecule has 1 heterocycles. The SMILES string of the molecule is CCCCN(CCCC)S(=O)(=O)c1ccc(C(=O)Nc2nnc(-c3cc(Cl)cc(Cl)c3)o2)cc1. The van der Waals surface area contributed by atoms with E-state index in [4.69, 9.17) is 27.6 Å². The Morgan fingerprint density at radius 3 is 2.12 bits per heavy atom. The van der Waals surface area contributed by atoms with Crippen LogP contribution in [-0.4, -0.2) is 41.9 Å². The third kappa shape index (κ3) is 6.56. The predicted molar refractivity (Wildman–Crippen MR) is 133 cm³/mol. The maximum atomic E-state index is 13.1. The summed E-state index contributed by atoms with van der Waals surface area (Å²) in [5, 5.41) is 11.0. The van der Waals surface area contributed by atoms with Crippen molar-refractivity contribution in [3.8, 4) is 11.5 Å². The average molecular weight is 525 g/mol. The van der Waals surface area contributed by atoms with Gasteiger partial charge in [-0.3, -0.25) is 10.1 Å². The van der Waals surface area contributed by atoms with Crippen molar-refractivity contribution in [2.24, 2.45) is 0 Å². The van der Waals surface area contributed by atoms with Gasteiger partial charge in [0.1, 0.15) is 0 Å². The summed E-state index contributed by atoms with van der Waals surface area (Å²) < 4.78 is 33.1. The molecule has 8 nitrogen and oxygen atoms in total. The van der Waals surface area contributed by atoms with Crippen molar-refractivity contribution in [1.82, 2.24) is 14.5 Å². The first kappa shape index (κ1) is 26.2. The highest BCUT2D eigenvalue weighted by atomic mass is 35.5. The van der Waals surface area contributed by atoms with Gasteiger partial charge in [-0.15, -0.1) is 5.10 Å². The Morgan fingerprint density at radius 1 is 0.971 bits per heavy atom. The molecule has 0 aliphatic carbocycles. The first-order valence-electron chi connectivity index (χ1n) is 11.0. The monoisotopic (exact) mass is 524 g/mol. The predicted octanol–water partition coefficient (Wildman–Crippen LogP) is 5.89. The van der Waals surface area contributed by atoms with Crippen LogP contribution in [0.1, 0.15) is 49.9 Å². The number of carbonyl (C=O) groups is 1. The maximum absolute atomic E-state index is 13.1. The lowest BCUT2D eigenvalue weighted by Gasteiger charge is -2.22. The number of nitrogens with one attached hydrogen (secondary N) is 1. The average Bonchev–Trinajstić information content (AvgIpc) is 3.27. The summed E-state index contributed by atoms with van der Waals surface area (Å²) >= 11 is 12.0. The van der Waals surface area contributed by atoms with Gasteiger partial charge in [-0.2, -0.15) is 4.31 Å². The van der Waals surface area contributed by atoms with Crippen LogP contribution in [0.2, 0.25) is 10.0 Å². The first-order chi connectivity index (χ1) is 16.2. The number of sulfonamides is 1. The number of unbranched alkanes of at least 4 members (excludes halogenated alkanes) is 2. The molecule has 0 radical (unpaired) electrons. The number of aromatic nitrogens is 2. The highest BCUT2D eigenvalue weighted by Gasteiger charge is 2.24. The number of hydrogen-bond donors (Lipinski definition) is 1. The van der Waals surface area contributed by atoms with Gasteiger partial charge >= 0.3 is 6.01 Å². The van der Waals surface area contributed by atoms with Crippen LogP contribution in [0.5, 0.6) is 0 Å². The zero-order valence-electron chi connectivity index (χ0n) is 18.9. The van der Waals surface area contributed by atoms with E-state index < -0.39 is 15.9 Å². The van der Waals surface area contributed by atoms with E-state index in [1.807, 2.05) is 13.8 Å². The number of amides is 1. The van der Waals surface area contributed by atoms with Crippen LogP contribution in [-0.2, 0) is 10.0 Å². The minimum Gasteiger partial charge on any atom is -0.403 e. The lowest BCUT2D eigenvalue weighted by Crippen LogP contribution is -2.33. The van der Waals surface area contributed by atoms with Crippen LogP contribution in [0.25, 0.3) is 11.5 Å². The number of rotatable bonds is 11.